The molecule has 1 saturated heterocycles. The Kier molecular flexibility index (Phi) is 4.96. The first-order valence-electron chi connectivity index (χ1n) is 10.6. The van der Waals surface area contributed by atoms with Gasteiger partial charge in [-0.2, -0.15) is 0 Å². The van der Waals surface area contributed by atoms with Crippen LogP contribution in [-0.4, -0.2) is 45.0 Å². The molecule has 3 aromatic rings. The van der Waals surface area contributed by atoms with Gasteiger partial charge in [0, 0.05) is 42.9 Å². The number of H-pyrrole nitrogens is 1. The van der Waals surface area contributed by atoms with Crippen LogP contribution >= 0.6 is 0 Å². The Labute approximate surface area is 174 Å². The standard InChI is InChI=1S/C23H25N5O2/c29-22(26-19-8-3-12-28(23(19)30)14-13-27-10-4-11-27)17-15-25-18-7-1-5-16-6-2-9-24-21(16)20(17)18/h2-3,6,8-9,12,15,25H,1,4-5,7,10-11,13-14H2,(H,26,29). The minimum atomic E-state index is -0.288. The first kappa shape index (κ1) is 18.8. The number of fused-ring (bicyclic) bond motifs is 3. The molecular formula is C23H25N5O2. The Morgan fingerprint density at radius 3 is 2.87 bits per heavy atom. The smallest absolute Gasteiger partial charge is 0.274 e. The Morgan fingerprint density at radius 2 is 2.03 bits per heavy atom. The maximum Gasteiger partial charge on any atom is 0.274 e. The van der Waals surface area contributed by atoms with Crippen LogP contribution in [0.4, 0.5) is 5.69 Å². The summed E-state index contributed by atoms with van der Waals surface area (Å²) in [6.45, 7) is 3.67. The lowest BCUT2D eigenvalue weighted by atomic mass is 10.0. The first-order valence-corrected chi connectivity index (χ1v) is 10.6. The molecule has 30 heavy (non-hydrogen) atoms. The van der Waals surface area contributed by atoms with Gasteiger partial charge in [-0.3, -0.25) is 14.6 Å². The molecule has 5 rings (SSSR count). The quantitative estimate of drug-likeness (QED) is 0.686. The van der Waals surface area contributed by atoms with Crippen molar-refractivity contribution in [2.24, 2.45) is 0 Å². The van der Waals surface area contributed by atoms with E-state index < -0.39 is 0 Å². The summed E-state index contributed by atoms with van der Waals surface area (Å²) in [5, 5.41) is 2.84. The molecule has 0 spiro atoms. The summed E-state index contributed by atoms with van der Waals surface area (Å²) >= 11 is 0. The van der Waals surface area contributed by atoms with Gasteiger partial charge in [0.15, 0.2) is 0 Å². The zero-order valence-electron chi connectivity index (χ0n) is 16.9. The van der Waals surface area contributed by atoms with E-state index in [1.165, 1.54) is 6.42 Å². The van der Waals surface area contributed by atoms with Crippen LogP contribution in [0.25, 0.3) is 11.3 Å². The van der Waals surface area contributed by atoms with Crippen LogP contribution < -0.4 is 10.9 Å². The molecule has 7 heteroatoms. The first-order chi connectivity index (χ1) is 14.7. The van der Waals surface area contributed by atoms with Gasteiger partial charge < -0.3 is 19.8 Å². The number of hydrogen-bond donors (Lipinski definition) is 2. The highest BCUT2D eigenvalue weighted by Gasteiger charge is 2.24. The van der Waals surface area contributed by atoms with Crippen molar-refractivity contribution in [3.05, 3.63) is 70.0 Å². The van der Waals surface area contributed by atoms with Crippen LogP contribution in [0.5, 0.6) is 0 Å². The lowest BCUT2D eigenvalue weighted by molar-refractivity contribution is 0.102. The number of amides is 1. The number of aromatic amines is 1. The molecule has 0 aromatic carbocycles. The minimum absolute atomic E-state index is 0.175. The van der Waals surface area contributed by atoms with E-state index in [1.807, 2.05) is 12.1 Å². The molecule has 154 valence electrons. The van der Waals surface area contributed by atoms with Gasteiger partial charge >= 0.3 is 0 Å². The molecule has 1 amide bonds. The van der Waals surface area contributed by atoms with Crippen molar-refractivity contribution in [3.8, 4) is 11.3 Å². The molecule has 0 saturated carbocycles. The van der Waals surface area contributed by atoms with Gasteiger partial charge in [0.1, 0.15) is 5.69 Å². The normalized spacial score (nSPS) is 15.6. The maximum atomic E-state index is 13.1. The molecule has 0 unspecified atom stereocenters. The Morgan fingerprint density at radius 1 is 1.13 bits per heavy atom. The number of likely N-dealkylation sites (tertiary alicyclic amines) is 1. The van der Waals surface area contributed by atoms with Crippen LogP contribution in [0.1, 0.15) is 34.5 Å². The molecule has 7 nitrogen and oxygen atoms in total. The zero-order valence-corrected chi connectivity index (χ0v) is 16.9. The molecule has 4 heterocycles. The number of pyridine rings is 2. The predicted octanol–water partition coefficient (Wildman–Crippen LogP) is 2.69. The van der Waals surface area contributed by atoms with Gasteiger partial charge in [-0.15, -0.1) is 0 Å². The van der Waals surface area contributed by atoms with Gasteiger partial charge in [-0.05, 0) is 62.5 Å². The Balaban J connectivity index is 1.41. The summed E-state index contributed by atoms with van der Waals surface area (Å²) in [5.41, 5.74) is 4.55. The number of carbonyl (C=O) groups excluding carboxylic acids is 1. The zero-order chi connectivity index (χ0) is 20.5. The van der Waals surface area contributed by atoms with E-state index in [0.29, 0.717) is 17.8 Å². The third-order valence-electron chi connectivity index (χ3n) is 6.08. The van der Waals surface area contributed by atoms with Crippen molar-refractivity contribution >= 4 is 11.6 Å². The molecule has 0 radical (unpaired) electrons. The van der Waals surface area contributed by atoms with Crippen molar-refractivity contribution in [1.29, 1.82) is 0 Å². The Hall–Kier alpha value is -3.19. The molecule has 1 aliphatic carbocycles. The highest BCUT2D eigenvalue weighted by atomic mass is 16.2. The van der Waals surface area contributed by atoms with Crippen molar-refractivity contribution < 1.29 is 4.79 Å². The van der Waals surface area contributed by atoms with Gasteiger partial charge in [-0.25, -0.2) is 0 Å². The van der Waals surface area contributed by atoms with E-state index in [2.05, 4.69) is 26.3 Å². The number of rotatable bonds is 5. The summed E-state index contributed by atoms with van der Waals surface area (Å²) in [5.74, 6) is -0.288. The van der Waals surface area contributed by atoms with Crippen LogP contribution in [0.15, 0.2) is 47.7 Å². The molecule has 2 N–H and O–H groups in total. The van der Waals surface area contributed by atoms with Gasteiger partial charge in [-0.1, -0.05) is 6.07 Å². The minimum Gasteiger partial charge on any atom is -0.364 e. The van der Waals surface area contributed by atoms with E-state index >= 15 is 0 Å². The summed E-state index contributed by atoms with van der Waals surface area (Å²) in [4.78, 5) is 36.1. The van der Waals surface area contributed by atoms with Gasteiger partial charge in [0.2, 0.25) is 0 Å². The topological polar surface area (TPSA) is 83.0 Å². The van der Waals surface area contributed by atoms with E-state index in [4.69, 9.17) is 0 Å². The number of anilines is 1. The maximum absolute atomic E-state index is 13.1. The number of aromatic nitrogens is 3. The average Bonchev–Trinajstić information content (AvgIpc) is 3.05. The van der Waals surface area contributed by atoms with Crippen molar-refractivity contribution in [2.75, 3.05) is 25.0 Å². The lowest BCUT2D eigenvalue weighted by Gasteiger charge is -2.30. The van der Waals surface area contributed by atoms with Crippen LogP contribution in [0.2, 0.25) is 0 Å². The number of carbonyl (C=O) groups is 1. The molecule has 1 fully saturated rings. The number of aryl methyl sites for hydroxylation is 2. The van der Waals surface area contributed by atoms with Crippen LogP contribution in [0, 0.1) is 0 Å². The van der Waals surface area contributed by atoms with Gasteiger partial charge in [0.25, 0.3) is 11.5 Å². The molecule has 3 aromatic heterocycles. The summed E-state index contributed by atoms with van der Waals surface area (Å²) in [6.07, 6.45) is 9.31. The van der Waals surface area contributed by atoms with Crippen molar-refractivity contribution in [2.45, 2.75) is 32.2 Å². The number of nitrogens with zero attached hydrogens (tertiary/aromatic N) is 3. The average molecular weight is 403 g/mol. The third kappa shape index (κ3) is 3.45. The third-order valence-corrected chi connectivity index (χ3v) is 6.08. The summed E-state index contributed by atoms with van der Waals surface area (Å²) in [7, 11) is 0. The predicted molar refractivity (Wildman–Crippen MR) is 116 cm³/mol. The van der Waals surface area contributed by atoms with E-state index in [0.717, 1.165) is 61.4 Å². The second-order valence-electron chi connectivity index (χ2n) is 7.99. The number of nitrogens with one attached hydrogen (secondary N) is 2. The lowest BCUT2D eigenvalue weighted by Crippen LogP contribution is -2.40. The van der Waals surface area contributed by atoms with E-state index in [9.17, 15) is 9.59 Å². The Bertz CT molecular complexity index is 1140. The monoisotopic (exact) mass is 403 g/mol. The largest absolute Gasteiger partial charge is 0.364 e. The van der Waals surface area contributed by atoms with Crippen molar-refractivity contribution in [1.82, 2.24) is 19.4 Å². The summed E-state index contributed by atoms with van der Waals surface area (Å²) in [6, 6.07) is 7.47. The highest BCUT2D eigenvalue weighted by molar-refractivity contribution is 6.09. The highest BCUT2D eigenvalue weighted by Crippen LogP contribution is 2.33. The van der Waals surface area contributed by atoms with E-state index in [-0.39, 0.29) is 11.5 Å². The number of hydrogen-bond acceptors (Lipinski definition) is 4. The molecule has 2 aliphatic rings. The second kappa shape index (κ2) is 7.91. The van der Waals surface area contributed by atoms with Gasteiger partial charge in [0.05, 0.1) is 11.3 Å². The van der Waals surface area contributed by atoms with Crippen LogP contribution in [0.3, 0.4) is 0 Å². The fourth-order valence-corrected chi connectivity index (χ4v) is 4.29. The fraction of sp³-hybridized carbons (Fsp3) is 0.348. The summed E-state index contributed by atoms with van der Waals surface area (Å²) < 4.78 is 1.67. The second-order valence-corrected chi connectivity index (χ2v) is 7.99. The SMILES string of the molecule is O=C(Nc1cccn(CCN2CCC2)c1=O)c1c[nH]c2c1-c1ncccc1CCC2. The van der Waals surface area contributed by atoms with E-state index in [1.54, 1.807) is 29.2 Å². The molecular weight excluding hydrogens is 378 g/mol. The molecule has 0 atom stereocenters. The molecule has 0 bridgehead atoms. The van der Waals surface area contributed by atoms with Crippen molar-refractivity contribution in [3.63, 3.8) is 0 Å². The fourth-order valence-electron chi connectivity index (χ4n) is 4.29. The molecule has 1 aliphatic heterocycles. The van der Waals surface area contributed by atoms with Crippen LogP contribution in [-0.2, 0) is 19.4 Å².